The zero-order valence-electron chi connectivity index (χ0n) is 26.6. The van der Waals surface area contributed by atoms with E-state index in [2.05, 4.69) is 41.7 Å². The summed E-state index contributed by atoms with van der Waals surface area (Å²) in [6.07, 6.45) is 11.2. The smallest absolute Gasteiger partial charge is 0.414 e. The van der Waals surface area contributed by atoms with E-state index >= 15 is 0 Å². The highest BCUT2D eigenvalue weighted by molar-refractivity contribution is 6.21. The molecule has 3 rings (SSSR count). The average molecular weight is 608 g/mol. The zero-order valence-corrected chi connectivity index (χ0v) is 26.6. The van der Waals surface area contributed by atoms with Crippen LogP contribution < -0.4 is 10.2 Å². The molecule has 1 aliphatic heterocycles. The van der Waals surface area contributed by atoms with Crippen LogP contribution in [-0.2, 0) is 4.74 Å². The molecule has 0 spiro atoms. The van der Waals surface area contributed by atoms with Crippen molar-refractivity contribution in [1.82, 2.24) is 9.88 Å². The van der Waals surface area contributed by atoms with Gasteiger partial charge in [-0.3, -0.25) is 19.4 Å². The number of anilines is 2. The molecule has 9 nitrogen and oxygen atoms in total. The van der Waals surface area contributed by atoms with Crippen molar-refractivity contribution in [3.8, 4) is 17.9 Å². The van der Waals surface area contributed by atoms with Gasteiger partial charge in [0.2, 0.25) is 0 Å². The second-order valence-electron chi connectivity index (χ2n) is 11.4. The predicted molar refractivity (Wildman–Crippen MR) is 177 cm³/mol. The number of hydrogen-bond donors (Lipinski definition) is 1. The van der Waals surface area contributed by atoms with Gasteiger partial charge in [-0.1, -0.05) is 56.0 Å². The van der Waals surface area contributed by atoms with E-state index in [1.807, 2.05) is 26.8 Å². The van der Waals surface area contributed by atoms with Gasteiger partial charge in [0.1, 0.15) is 11.4 Å². The number of amides is 3. The molecule has 45 heavy (non-hydrogen) atoms. The van der Waals surface area contributed by atoms with Crippen molar-refractivity contribution in [2.75, 3.05) is 29.9 Å². The first-order valence-electron chi connectivity index (χ1n) is 15.2. The van der Waals surface area contributed by atoms with Gasteiger partial charge < -0.3 is 10.1 Å². The summed E-state index contributed by atoms with van der Waals surface area (Å²) in [6, 6.07) is 10.7. The summed E-state index contributed by atoms with van der Waals surface area (Å²) in [7, 11) is 0. The number of benzene rings is 1. The summed E-state index contributed by atoms with van der Waals surface area (Å²) >= 11 is 0. The number of carbonyl (C=O) groups excluding carboxylic acids is 3. The van der Waals surface area contributed by atoms with Gasteiger partial charge >= 0.3 is 6.09 Å². The van der Waals surface area contributed by atoms with Crippen LogP contribution in [0.1, 0.15) is 86.1 Å². The number of hydrogen-bond acceptors (Lipinski definition) is 7. The lowest BCUT2D eigenvalue weighted by Crippen LogP contribution is -2.38. The fourth-order valence-electron chi connectivity index (χ4n) is 4.48. The zero-order chi connectivity index (χ0) is 32.8. The largest absolute Gasteiger partial charge is 0.443 e. The second-order valence-corrected chi connectivity index (χ2v) is 11.4. The van der Waals surface area contributed by atoms with Crippen LogP contribution in [0.15, 0.2) is 73.0 Å². The number of allylic oxidation sites excluding steroid dienone is 4. The molecule has 0 bridgehead atoms. The first-order valence-corrected chi connectivity index (χ1v) is 15.2. The Hall–Kier alpha value is -5.15. The minimum absolute atomic E-state index is 0.267. The van der Waals surface area contributed by atoms with E-state index in [4.69, 9.17) is 10.00 Å². The molecule has 1 aliphatic rings. The van der Waals surface area contributed by atoms with Crippen molar-refractivity contribution in [1.29, 1.82) is 5.26 Å². The maximum Gasteiger partial charge on any atom is 0.414 e. The van der Waals surface area contributed by atoms with Crippen LogP contribution in [-0.4, -0.2) is 53.0 Å². The summed E-state index contributed by atoms with van der Waals surface area (Å²) < 4.78 is 5.74. The predicted octanol–water partition coefficient (Wildman–Crippen LogP) is 7.05. The van der Waals surface area contributed by atoms with Crippen LogP contribution in [0.3, 0.4) is 0 Å². The third kappa shape index (κ3) is 9.94. The van der Waals surface area contributed by atoms with Gasteiger partial charge in [0.05, 0.1) is 34.0 Å². The van der Waals surface area contributed by atoms with Crippen LogP contribution >= 0.6 is 0 Å². The first kappa shape index (κ1) is 34.3. The Bertz CT molecular complexity index is 1530. The fourth-order valence-corrected chi connectivity index (χ4v) is 4.48. The van der Waals surface area contributed by atoms with Crippen LogP contribution in [0, 0.1) is 23.2 Å². The third-order valence-electron chi connectivity index (χ3n) is 6.65. The lowest BCUT2D eigenvalue weighted by molar-refractivity contribution is 0.0577. The number of ether oxygens (including phenoxy) is 1. The molecule has 1 aromatic carbocycles. The molecule has 0 unspecified atom stereocenters. The van der Waals surface area contributed by atoms with E-state index < -0.39 is 11.7 Å². The van der Waals surface area contributed by atoms with Gasteiger partial charge in [0.25, 0.3) is 11.8 Å². The van der Waals surface area contributed by atoms with Crippen molar-refractivity contribution in [2.24, 2.45) is 0 Å². The molecule has 2 heterocycles. The maximum atomic E-state index is 13.3. The Morgan fingerprint density at radius 1 is 1.18 bits per heavy atom. The Kier molecular flexibility index (Phi) is 12.7. The Labute approximate surface area is 266 Å². The normalized spacial score (nSPS) is 12.8. The van der Waals surface area contributed by atoms with Gasteiger partial charge in [0, 0.05) is 38.3 Å². The molecule has 0 radical (unpaired) electrons. The summed E-state index contributed by atoms with van der Waals surface area (Å²) in [5.74, 6) is 6.30. The van der Waals surface area contributed by atoms with Gasteiger partial charge in [0.15, 0.2) is 0 Å². The monoisotopic (exact) mass is 607 g/mol. The van der Waals surface area contributed by atoms with E-state index in [1.54, 1.807) is 59.7 Å². The Morgan fingerprint density at radius 2 is 1.89 bits per heavy atom. The van der Waals surface area contributed by atoms with Gasteiger partial charge in [-0.25, -0.2) is 9.78 Å². The number of nitrogens with one attached hydrogen (secondary N) is 1. The van der Waals surface area contributed by atoms with Gasteiger partial charge in [-0.15, -0.1) is 0 Å². The molecule has 0 saturated carbocycles. The molecular weight excluding hydrogens is 566 g/mol. The molecule has 0 saturated heterocycles. The number of pyridine rings is 1. The Balaban J connectivity index is 1.77. The lowest BCUT2D eigenvalue weighted by atomic mass is 10.1. The van der Waals surface area contributed by atoms with E-state index in [9.17, 15) is 14.4 Å². The van der Waals surface area contributed by atoms with E-state index in [-0.39, 0.29) is 18.4 Å². The molecule has 3 amide bonds. The number of rotatable bonds is 13. The number of aromatic nitrogens is 1. The molecule has 1 N–H and O–H groups in total. The van der Waals surface area contributed by atoms with Crippen LogP contribution in [0.5, 0.6) is 0 Å². The van der Waals surface area contributed by atoms with Crippen molar-refractivity contribution >= 4 is 29.4 Å². The van der Waals surface area contributed by atoms with E-state index in [1.165, 1.54) is 4.90 Å². The van der Waals surface area contributed by atoms with E-state index in [0.29, 0.717) is 66.1 Å². The minimum atomic E-state index is -0.680. The van der Waals surface area contributed by atoms with Gasteiger partial charge in [-0.05, 0) is 64.3 Å². The summed E-state index contributed by atoms with van der Waals surface area (Å²) in [6.45, 7) is 12.4. The topological polar surface area (TPSA) is 116 Å². The fraction of sp³-hybridized carbons (Fsp3) is 0.361. The molecule has 0 atom stereocenters. The van der Waals surface area contributed by atoms with Crippen LogP contribution in [0.2, 0.25) is 0 Å². The quantitative estimate of drug-likeness (QED) is 0.0853. The second kappa shape index (κ2) is 16.6. The van der Waals surface area contributed by atoms with Crippen molar-refractivity contribution < 1.29 is 19.1 Å². The number of carbonyl (C=O) groups is 3. The van der Waals surface area contributed by atoms with Crippen LogP contribution in [0.4, 0.5) is 16.3 Å². The van der Waals surface area contributed by atoms with E-state index in [0.717, 1.165) is 12.8 Å². The number of fused-ring (bicyclic) bond motifs is 1. The summed E-state index contributed by atoms with van der Waals surface area (Å²) in [5.41, 5.74) is 1.84. The highest BCUT2D eigenvalue weighted by atomic mass is 16.6. The Morgan fingerprint density at radius 3 is 2.51 bits per heavy atom. The molecule has 9 heteroatoms. The minimum Gasteiger partial charge on any atom is -0.443 e. The number of nitrogens with zero attached hydrogens (tertiary/aromatic N) is 4. The summed E-state index contributed by atoms with van der Waals surface area (Å²) in [5, 5.41) is 12.4. The number of imide groups is 1. The van der Waals surface area contributed by atoms with Crippen molar-refractivity contribution in [3.05, 3.63) is 89.7 Å². The molecule has 234 valence electrons. The first-order chi connectivity index (χ1) is 21.6. The standard InChI is InChI=1S/C36H41N5O4/c1-6-8-22-40(35(44)45-36(3,4)5)31-24-32(38-21-14-13-17-27(25-37)16-7-2)39-26-28(31)18-10-9-15-23-41-33(42)29-19-11-12-20-30(29)34(41)43/h7,11-13,16-17,19-20,24,26H,2,6,8-9,14-15,21-23H2,1,3-5H3,(H,38,39)/b17-13?,27-16+. The molecule has 0 aliphatic carbocycles. The number of unbranched alkanes of at least 4 members (excludes halogenated alkanes) is 2. The molecule has 1 aromatic heterocycles. The molecule has 2 aromatic rings. The lowest BCUT2D eigenvalue weighted by Gasteiger charge is -2.28. The molecular formula is C36H41N5O4. The number of nitriles is 1. The highest BCUT2D eigenvalue weighted by Crippen LogP contribution is 2.26. The van der Waals surface area contributed by atoms with Gasteiger partial charge in [-0.2, -0.15) is 5.26 Å². The van der Waals surface area contributed by atoms with Crippen molar-refractivity contribution in [3.63, 3.8) is 0 Å². The maximum absolute atomic E-state index is 13.3. The van der Waals surface area contributed by atoms with Crippen molar-refractivity contribution in [2.45, 2.75) is 65.4 Å². The average Bonchev–Trinajstić information content (AvgIpc) is 3.25. The summed E-state index contributed by atoms with van der Waals surface area (Å²) in [4.78, 5) is 46.1. The SMILES string of the molecule is C=C/C=C(/C#N)C=CCCNc1cc(N(CCCC)C(=O)OC(C)(C)C)c(C#CCCCN2C(=O)c3ccccc3C2=O)cn1. The molecule has 0 fully saturated rings. The highest BCUT2D eigenvalue weighted by Gasteiger charge is 2.34. The third-order valence-corrected chi connectivity index (χ3v) is 6.65. The van der Waals surface area contributed by atoms with Crippen LogP contribution in [0.25, 0.3) is 0 Å².